The number of carbonyl (C=O) groups excluding carboxylic acids is 1. The van der Waals surface area contributed by atoms with Gasteiger partial charge in [-0.2, -0.15) is 0 Å². The predicted octanol–water partition coefficient (Wildman–Crippen LogP) is 4.66. The number of guanidine groups is 1. The summed E-state index contributed by atoms with van der Waals surface area (Å²) in [4.78, 5) is 15.8. The van der Waals surface area contributed by atoms with Crippen molar-refractivity contribution in [2.24, 2.45) is 10.7 Å². The molecule has 0 heterocycles. The minimum Gasteiger partial charge on any atom is -0.406 e. The van der Waals surface area contributed by atoms with E-state index in [1.807, 2.05) is 13.8 Å². The minimum atomic E-state index is -4.74. The van der Waals surface area contributed by atoms with E-state index < -0.39 is 6.36 Å². The molecule has 0 fully saturated rings. The number of rotatable bonds is 6. The third-order valence-corrected chi connectivity index (χ3v) is 3.42. The number of urea groups is 1. The van der Waals surface area contributed by atoms with Crippen molar-refractivity contribution < 1.29 is 22.7 Å². The molecule has 7 nitrogen and oxygen atoms in total. The van der Waals surface area contributed by atoms with Crippen LogP contribution in [0, 0.1) is 0 Å². The van der Waals surface area contributed by atoms with E-state index in [-0.39, 0.29) is 54.3 Å². The van der Waals surface area contributed by atoms with Crippen molar-refractivity contribution in [2.75, 3.05) is 10.6 Å². The number of aliphatic imine (C=N–C) groups is 1. The molecule has 0 radical (unpaired) electrons. The van der Waals surface area contributed by atoms with Crippen molar-refractivity contribution in [3.05, 3.63) is 54.1 Å². The van der Waals surface area contributed by atoms with Gasteiger partial charge in [0, 0.05) is 17.4 Å². The molecule has 0 aromatic heterocycles. The molecule has 0 aliphatic heterocycles. The molecular formula is C19H23F3IN5O2. The smallest absolute Gasteiger partial charge is 0.406 e. The van der Waals surface area contributed by atoms with E-state index in [0.717, 1.165) is 5.56 Å². The highest BCUT2D eigenvalue weighted by molar-refractivity contribution is 14.0. The van der Waals surface area contributed by atoms with Gasteiger partial charge in [-0.3, -0.25) is 0 Å². The van der Waals surface area contributed by atoms with E-state index in [9.17, 15) is 18.0 Å². The van der Waals surface area contributed by atoms with Crippen LogP contribution < -0.4 is 26.4 Å². The van der Waals surface area contributed by atoms with Gasteiger partial charge in [-0.15, -0.1) is 37.1 Å². The first-order valence-electron chi connectivity index (χ1n) is 8.70. The molecule has 30 heavy (non-hydrogen) atoms. The lowest BCUT2D eigenvalue weighted by molar-refractivity contribution is -0.274. The molecule has 0 saturated heterocycles. The van der Waals surface area contributed by atoms with Crippen LogP contribution in [-0.2, 0) is 6.54 Å². The monoisotopic (exact) mass is 537 g/mol. The number of ether oxygens (including phenoxy) is 1. The van der Waals surface area contributed by atoms with Gasteiger partial charge in [0.05, 0.1) is 6.54 Å². The number of halogens is 4. The number of amides is 2. The van der Waals surface area contributed by atoms with Crippen LogP contribution in [0.5, 0.6) is 5.75 Å². The van der Waals surface area contributed by atoms with Crippen LogP contribution in [0.15, 0.2) is 53.5 Å². The van der Waals surface area contributed by atoms with Gasteiger partial charge in [-0.25, -0.2) is 9.79 Å². The van der Waals surface area contributed by atoms with Crippen LogP contribution in [-0.4, -0.2) is 24.4 Å². The minimum absolute atomic E-state index is 0. The van der Waals surface area contributed by atoms with E-state index in [0.29, 0.717) is 11.4 Å². The Balaban J connectivity index is 0.00000450. The Labute approximate surface area is 189 Å². The Hall–Kier alpha value is -2.70. The fraction of sp³-hybridized carbons (Fsp3) is 0.263. The maximum atomic E-state index is 12.2. The summed E-state index contributed by atoms with van der Waals surface area (Å²) in [5, 5.41) is 8.22. The molecule has 0 spiro atoms. The highest BCUT2D eigenvalue weighted by Crippen LogP contribution is 2.23. The van der Waals surface area contributed by atoms with Crippen molar-refractivity contribution in [1.29, 1.82) is 0 Å². The van der Waals surface area contributed by atoms with Gasteiger partial charge in [0.25, 0.3) is 0 Å². The number of nitrogens with one attached hydrogen (secondary N) is 3. The van der Waals surface area contributed by atoms with E-state index in [1.165, 1.54) is 24.3 Å². The third kappa shape index (κ3) is 9.67. The van der Waals surface area contributed by atoms with Crippen LogP contribution in [0.25, 0.3) is 0 Å². The summed E-state index contributed by atoms with van der Waals surface area (Å²) in [7, 11) is 0. The SMILES string of the molecule is CC(C)NC(=O)Nc1ccc(CN=C(N)Nc2ccc(OC(F)(F)F)cc2)cc1.I. The first-order valence-corrected chi connectivity index (χ1v) is 8.70. The highest BCUT2D eigenvalue weighted by Gasteiger charge is 2.30. The molecule has 5 N–H and O–H groups in total. The summed E-state index contributed by atoms with van der Waals surface area (Å²) in [6, 6.07) is 12.0. The summed E-state index contributed by atoms with van der Waals surface area (Å²) in [5.41, 5.74) is 7.77. The predicted molar refractivity (Wildman–Crippen MR) is 121 cm³/mol. The summed E-state index contributed by atoms with van der Waals surface area (Å²) in [5.74, 6) is -0.220. The second-order valence-corrected chi connectivity index (χ2v) is 6.35. The first kappa shape index (κ1) is 25.3. The molecule has 2 amide bonds. The number of alkyl halides is 3. The summed E-state index contributed by atoms with van der Waals surface area (Å²) < 4.78 is 40.3. The zero-order chi connectivity index (χ0) is 21.4. The van der Waals surface area contributed by atoms with Crippen LogP contribution >= 0.6 is 24.0 Å². The third-order valence-electron chi connectivity index (χ3n) is 3.42. The van der Waals surface area contributed by atoms with Crippen LogP contribution in [0.4, 0.5) is 29.3 Å². The number of hydrogen-bond acceptors (Lipinski definition) is 3. The average Bonchev–Trinajstić information content (AvgIpc) is 2.61. The number of hydrogen-bond donors (Lipinski definition) is 4. The molecule has 2 aromatic rings. The highest BCUT2D eigenvalue weighted by atomic mass is 127. The maximum absolute atomic E-state index is 12.2. The van der Waals surface area contributed by atoms with E-state index in [2.05, 4.69) is 25.7 Å². The van der Waals surface area contributed by atoms with Gasteiger partial charge in [0.2, 0.25) is 0 Å². The maximum Gasteiger partial charge on any atom is 0.573 e. The molecule has 0 bridgehead atoms. The lowest BCUT2D eigenvalue weighted by atomic mass is 10.2. The lowest BCUT2D eigenvalue weighted by Crippen LogP contribution is -2.34. The Kier molecular flexibility index (Phi) is 9.69. The van der Waals surface area contributed by atoms with Gasteiger partial charge in [0.1, 0.15) is 5.75 Å². The summed E-state index contributed by atoms with van der Waals surface area (Å²) in [6.45, 7) is 4.01. The number of nitrogens with two attached hydrogens (primary N) is 1. The zero-order valence-electron chi connectivity index (χ0n) is 16.3. The molecule has 0 aliphatic carbocycles. The molecule has 164 valence electrons. The quantitative estimate of drug-likeness (QED) is 0.245. The second kappa shape index (κ2) is 11.5. The Morgan fingerprint density at radius 2 is 1.57 bits per heavy atom. The summed E-state index contributed by atoms with van der Waals surface area (Å²) in [6.07, 6.45) is -4.74. The fourth-order valence-electron chi connectivity index (χ4n) is 2.23. The Bertz CT molecular complexity index is 841. The molecule has 2 aromatic carbocycles. The normalized spacial score (nSPS) is 11.5. The molecule has 0 aliphatic rings. The van der Waals surface area contributed by atoms with Gasteiger partial charge < -0.3 is 26.4 Å². The Morgan fingerprint density at radius 3 is 2.10 bits per heavy atom. The Morgan fingerprint density at radius 1 is 1.03 bits per heavy atom. The number of benzene rings is 2. The van der Waals surface area contributed by atoms with Crippen LogP contribution in [0.3, 0.4) is 0 Å². The van der Waals surface area contributed by atoms with Crippen molar-refractivity contribution in [3.8, 4) is 5.75 Å². The number of carbonyl (C=O) groups is 1. The van der Waals surface area contributed by atoms with Gasteiger partial charge in [0.15, 0.2) is 5.96 Å². The fourth-order valence-corrected chi connectivity index (χ4v) is 2.23. The van der Waals surface area contributed by atoms with E-state index in [4.69, 9.17) is 5.73 Å². The summed E-state index contributed by atoms with van der Waals surface area (Å²) >= 11 is 0. The van der Waals surface area contributed by atoms with Crippen LogP contribution in [0.1, 0.15) is 19.4 Å². The second-order valence-electron chi connectivity index (χ2n) is 6.35. The first-order chi connectivity index (χ1) is 13.6. The molecule has 11 heteroatoms. The van der Waals surface area contributed by atoms with E-state index in [1.54, 1.807) is 24.3 Å². The van der Waals surface area contributed by atoms with Crippen molar-refractivity contribution in [2.45, 2.75) is 32.8 Å². The molecule has 0 unspecified atom stereocenters. The largest absolute Gasteiger partial charge is 0.573 e. The molecule has 2 rings (SSSR count). The van der Waals surface area contributed by atoms with Crippen molar-refractivity contribution >= 4 is 47.3 Å². The van der Waals surface area contributed by atoms with E-state index >= 15 is 0 Å². The van der Waals surface area contributed by atoms with Crippen LogP contribution in [0.2, 0.25) is 0 Å². The number of anilines is 2. The van der Waals surface area contributed by atoms with Crippen molar-refractivity contribution in [1.82, 2.24) is 5.32 Å². The average molecular weight is 537 g/mol. The molecule has 0 saturated carbocycles. The standard InChI is InChI=1S/C19H22F3N5O2.HI/c1-12(2)25-18(28)27-15-5-3-13(4-6-15)11-24-17(23)26-14-7-9-16(10-8-14)29-19(20,21)22;/h3-10,12H,11H2,1-2H3,(H3,23,24,26)(H2,25,27,28);1H. The molecule has 0 atom stereocenters. The van der Waals surface area contributed by atoms with Gasteiger partial charge >= 0.3 is 12.4 Å². The number of nitrogens with zero attached hydrogens (tertiary/aromatic N) is 1. The topological polar surface area (TPSA) is 101 Å². The van der Waals surface area contributed by atoms with Gasteiger partial charge in [-0.05, 0) is 55.8 Å². The lowest BCUT2D eigenvalue weighted by Gasteiger charge is -2.11. The van der Waals surface area contributed by atoms with Gasteiger partial charge in [-0.1, -0.05) is 12.1 Å². The zero-order valence-corrected chi connectivity index (χ0v) is 18.6. The van der Waals surface area contributed by atoms with Crippen molar-refractivity contribution in [3.63, 3.8) is 0 Å². The molecular weight excluding hydrogens is 514 g/mol.